The number of ether oxygens (including phenoxy) is 3. The van der Waals surface area contributed by atoms with Crippen LogP contribution < -0.4 is 14.2 Å². The van der Waals surface area contributed by atoms with Gasteiger partial charge in [0.25, 0.3) is 0 Å². The minimum Gasteiger partial charge on any atom is -0.496 e. The van der Waals surface area contributed by atoms with Crippen LogP contribution in [0.15, 0.2) is 12.1 Å². The molecule has 0 aromatic heterocycles. The highest BCUT2D eigenvalue weighted by Crippen LogP contribution is 2.38. The lowest BCUT2D eigenvalue weighted by Crippen LogP contribution is -1.93. The van der Waals surface area contributed by atoms with Crippen LogP contribution in [0.1, 0.15) is 5.56 Å². The van der Waals surface area contributed by atoms with Gasteiger partial charge in [-0.1, -0.05) is 15.9 Å². The number of halogens is 1. The zero-order valence-corrected chi connectivity index (χ0v) is 9.46. The summed E-state index contributed by atoms with van der Waals surface area (Å²) in [5.74, 6) is 2.43. The molecular formula is C10H11BrO3. The van der Waals surface area contributed by atoms with Crippen LogP contribution in [-0.4, -0.2) is 19.2 Å². The van der Waals surface area contributed by atoms with E-state index in [4.69, 9.17) is 14.2 Å². The number of alkyl halides is 1. The van der Waals surface area contributed by atoms with Crippen molar-refractivity contribution in [2.45, 2.75) is 6.42 Å². The maximum atomic E-state index is 5.29. The van der Waals surface area contributed by atoms with Gasteiger partial charge in [0, 0.05) is 11.4 Å². The van der Waals surface area contributed by atoms with E-state index in [-0.39, 0.29) is 0 Å². The normalized spacial score (nSPS) is 13.0. The highest BCUT2D eigenvalue weighted by atomic mass is 79.9. The molecule has 0 spiro atoms. The van der Waals surface area contributed by atoms with E-state index in [2.05, 4.69) is 15.9 Å². The number of aryl methyl sites for hydroxylation is 1. The van der Waals surface area contributed by atoms with Crippen LogP contribution in [0.25, 0.3) is 0 Å². The van der Waals surface area contributed by atoms with E-state index in [0.29, 0.717) is 6.79 Å². The Bertz CT molecular complexity index is 338. The van der Waals surface area contributed by atoms with Gasteiger partial charge in [0.05, 0.1) is 7.11 Å². The molecular weight excluding hydrogens is 248 g/mol. The maximum Gasteiger partial charge on any atom is 0.231 e. The summed E-state index contributed by atoms with van der Waals surface area (Å²) in [6.07, 6.45) is 0.916. The largest absolute Gasteiger partial charge is 0.496 e. The van der Waals surface area contributed by atoms with Crippen LogP contribution in [0.5, 0.6) is 17.2 Å². The van der Waals surface area contributed by atoms with Crippen LogP contribution in [0.3, 0.4) is 0 Å². The second-order valence-corrected chi connectivity index (χ2v) is 3.75. The Balaban J connectivity index is 2.38. The van der Waals surface area contributed by atoms with Crippen molar-refractivity contribution in [2.24, 2.45) is 0 Å². The molecule has 0 unspecified atom stereocenters. The number of hydrogen-bond donors (Lipinski definition) is 0. The molecule has 4 heteroatoms. The van der Waals surface area contributed by atoms with Crippen molar-refractivity contribution in [3.05, 3.63) is 17.7 Å². The Morgan fingerprint density at radius 3 is 2.71 bits per heavy atom. The van der Waals surface area contributed by atoms with Crippen molar-refractivity contribution in [1.29, 1.82) is 0 Å². The summed E-state index contributed by atoms with van der Waals surface area (Å²) in [5.41, 5.74) is 1.13. The quantitative estimate of drug-likeness (QED) is 0.780. The number of methoxy groups -OCH3 is 1. The summed E-state index contributed by atoms with van der Waals surface area (Å²) >= 11 is 3.40. The van der Waals surface area contributed by atoms with Crippen molar-refractivity contribution in [1.82, 2.24) is 0 Å². The molecule has 14 heavy (non-hydrogen) atoms. The standard InChI is InChI=1S/C10H11BrO3/c1-12-8-5-10-9(13-6-14-10)4-7(8)2-3-11/h4-5H,2-3,6H2,1H3. The molecule has 0 atom stereocenters. The fraction of sp³-hybridized carbons (Fsp3) is 0.400. The van der Waals surface area contributed by atoms with E-state index in [1.54, 1.807) is 7.11 Å². The minimum atomic E-state index is 0.302. The average Bonchev–Trinajstić information content (AvgIpc) is 2.64. The first-order valence-electron chi connectivity index (χ1n) is 4.37. The van der Waals surface area contributed by atoms with Crippen molar-refractivity contribution < 1.29 is 14.2 Å². The molecule has 1 aromatic carbocycles. The molecule has 0 aliphatic carbocycles. The third-order valence-corrected chi connectivity index (χ3v) is 2.54. The third kappa shape index (κ3) is 1.66. The van der Waals surface area contributed by atoms with Gasteiger partial charge in [-0.3, -0.25) is 0 Å². The Morgan fingerprint density at radius 1 is 1.36 bits per heavy atom. The summed E-state index contributed by atoms with van der Waals surface area (Å²) in [6.45, 7) is 0.302. The maximum absolute atomic E-state index is 5.29. The third-order valence-electron chi connectivity index (χ3n) is 2.14. The molecule has 1 aliphatic rings. The van der Waals surface area contributed by atoms with E-state index in [1.807, 2.05) is 12.1 Å². The van der Waals surface area contributed by atoms with Gasteiger partial charge in [0.1, 0.15) is 5.75 Å². The highest BCUT2D eigenvalue weighted by Gasteiger charge is 2.17. The molecule has 76 valence electrons. The van der Waals surface area contributed by atoms with Crippen LogP contribution in [0, 0.1) is 0 Å². The summed E-state index contributed by atoms with van der Waals surface area (Å²) in [4.78, 5) is 0. The van der Waals surface area contributed by atoms with Crippen LogP contribution in [-0.2, 0) is 6.42 Å². The molecule has 0 saturated heterocycles. The van der Waals surface area contributed by atoms with E-state index in [9.17, 15) is 0 Å². The van der Waals surface area contributed by atoms with Crippen LogP contribution in [0.2, 0.25) is 0 Å². The van der Waals surface area contributed by atoms with Gasteiger partial charge >= 0.3 is 0 Å². The molecule has 0 radical (unpaired) electrons. The van der Waals surface area contributed by atoms with Crippen molar-refractivity contribution in [2.75, 3.05) is 19.2 Å². The summed E-state index contributed by atoms with van der Waals surface area (Å²) < 4.78 is 15.8. The Hall–Kier alpha value is -0.900. The molecule has 1 heterocycles. The molecule has 0 bridgehead atoms. The molecule has 3 nitrogen and oxygen atoms in total. The predicted octanol–water partition coefficient (Wildman–Crippen LogP) is 2.36. The highest BCUT2D eigenvalue weighted by molar-refractivity contribution is 9.09. The van der Waals surface area contributed by atoms with E-state index in [1.165, 1.54) is 0 Å². The second-order valence-electron chi connectivity index (χ2n) is 2.96. The average molecular weight is 259 g/mol. The van der Waals surface area contributed by atoms with Crippen molar-refractivity contribution in [3.63, 3.8) is 0 Å². The van der Waals surface area contributed by atoms with Gasteiger partial charge in [-0.2, -0.15) is 0 Å². The van der Waals surface area contributed by atoms with Crippen molar-refractivity contribution >= 4 is 15.9 Å². The molecule has 0 amide bonds. The topological polar surface area (TPSA) is 27.7 Å². The lowest BCUT2D eigenvalue weighted by Gasteiger charge is -2.08. The number of hydrogen-bond acceptors (Lipinski definition) is 3. The smallest absolute Gasteiger partial charge is 0.231 e. The fourth-order valence-electron chi connectivity index (χ4n) is 1.45. The first-order chi connectivity index (χ1) is 6.85. The predicted molar refractivity (Wildman–Crippen MR) is 56.6 cm³/mol. The van der Waals surface area contributed by atoms with Gasteiger partial charge in [0.15, 0.2) is 11.5 Å². The molecule has 0 saturated carbocycles. The molecule has 0 N–H and O–H groups in total. The Labute approximate surface area is 91.1 Å². The first-order valence-corrected chi connectivity index (χ1v) is 5.49. The number of fused-ring (bicyclic) bond motifs is 1. The number of benzene rings is 1. The summed E-state index contributed by atoms with van der Waals surface area (Å²) in [7, 11) is 1.66. The Morgan fingerprint density at radius 2 is 2.07 bits per heavy atom. The number of rotatable bonds is 3. The van der Waals surface area contributed by atoms with E-state index < -0.39 is 0 Å². The zero-order valence-electron chi connectivity index (χ0n) is 7.88. The van der Waals surface area contributed by atoms with Crippen LogP contribution >= 0.6 is 15.9 Å². The molecule has 2 rings (SSSR count). The zero-order chi connectivity index (χ0) is 9.97. The van der Waals surface area contributed by atoms with E-state index >= 15 is 0 Å². The molecule has 1 aromatic rings. The summed E-state index contributed by atoms with van der Waals surface area (Å²) in [6, 6.07) is 3.85. The minimum absolute atomic E-state index is 0.302. The summed E-state index contributed by atoms with van der Waals surface area (Å²) in [5, 5.41) is 0.906. The van der Waals surface area contributed by atoms with E-state index in [0.717, 1.165) is 34.6 Å². The van der Waals surface area contributed by atoms with Gasteiger partial charge < -0.3 is 14.2 Å². The molecule has 1 aliphatic heterocycles. The lowest BCUT2D eigenvalue weighted by molar-refractivity contribution is 0.174. The molecule has 0 fully saturated rings. The van der Waals surface area contributed by atoms with Gasteiger partial charge in [0.2, 0.25) is 6.79 Å². The van der Waals surface area contributed by atoms with Gasteiger partial charge in [-0.15, -0.1) is 0 Å². The Kier molecular flexibility index (Phi) is 2.82. The first kappa shape index (κ1) is 9.65. The fourth-order valence-corrected chi connectivity index (χ4v) is 1.88. The SMILES string of the molecule is COc1cc2c(cc1CCBr)OCO2. The van der Waals surface area contributed by atoms with Gasteiger partial charge in [-0.05, 0) is 18.1 Å². The lowest BCUT2D eigenvalue weighted by atomic mass is 10.1. The van der Waals surface area contributed by atoms with Crippen molar-refractivity contribution in [3.8, 4) is 17.2 Å². The van der Waals surface area contributed by atoms with Gasteiger partial charge in [-0.25, -0.2) is 0 Å². The second kappa shape index (κ2) is 4.09. The van der Waals surface area contributed by atoms with Crippen LogP contribution in [0.4, 0.5) is 0 Å². The monoisotopic (exact) mass is 258 g/mol.